The number of allylic oxidation sites excluding steroid dienone is 2. The maximum atomic E-state index is 6.62. The van der Waals surface area contributed by atoms with Crippen molar-refractivity contribution in [3.8, 4) is 0 Å². The molecule has 1 heterocycles. The van der Waals surface area contributed by atoms with E-state index >= 15 is 0 Å². The van der Waals surface area contributed by atoms with Gasteiger partial charge in [0.15, 0.2) is 0 Å². The molecule has 1 rings (SSSR count). The van der Waals surface area contributed by atoms with Gasteiger partial charge in [0.25, 0.3) is 0 Å². The van der Waals surface area contributed by atoms with Crippen LogP contribution in [0.25, 0.3) is 0 Å². The van der Waals surface area contributed by atoms with Crippen LogP contribution in [0, 0.1) is 0 Å². The Morgan fingerprint density at radius 1 is 0.710 bits per heavy atom. The predicted octanol–water partition coefficient (Wildman–Crippen LogP) is 9.29. The van der Waals surface area contributed by atoms with E-state index < -0.39 is 18.4 Å². The Kier molecular flexibility index (Phi) is 9.19. The normalized spacial score (nSPS) is 20.8. The van der Waals surface area contributed by atoms with E-state index in [0.717, 1.165) is 0 Å². The third-order valence-electron chi connectivity index (χ3n) is 8.19. The van der Waals surface area contributed by atoms with Crippen LogP contribution in [0.2, 0.25) is 10.3 Å². The molecule has 0 aliphatic carbocycles. The predicted molar refractivity (Wildman–Crippen MR) is 142 cm³/mol. The van der Waals surface area contributed by atoms with E-state index in [0.29, 0.717) is 0 Å². The summed E-state index contributed by atoms with van der Waals surface area (Å²) in [7, 11) is -0.227. The Hall–Kier alpha value is 0.524. The topological polar surface area (TPSA) is 18.5 Å². The third kappa shape index (κ3) is 5.61. The average Bonchev–Trinajstić information content (AvgIpc) is 2.73. The molecule has 31 heavy (non-hydrogen) atoms. The Labute approximate surface area is 200 Å². The van der Waals surface area contributed by atoms with Gasteiger partial charge in [-0.25, -0.2) is 0 Å². The molecule has 0 saturated carbocycles. The van der Waals surface area contributed by atoms with Gasteiger partial charge in [0.2, 0.25) is 0 Å². The Morgan fingerprint density at radius 3 is 1.42 bits per heavy atom. The van der Waals surface area contributed by atoms with Crippen LogP contribution in [0.4, 0.5) is 0 Å². The van der Waals surface area contributed by atoms with Gasteiger partial charge >= 0.3 is 201 Å². The van der Waals surface area contributed by atoms with Crippen LogP contribution in [-0.4, -0.2) is 36.7 Å². The van der Waals surface area contributed by atoms with Gasteiger partial charge in [-0.1, -0.05) is 0 Å². The fourth-order valence-corrected chi connectivity index (χ4v) is 37.9. The van der Waals surface area contributed by atoms with Gasteiger partial charge in [-0.05, 0) is 0 Å². The first kappa shape index (κ1) is 29.6. The number of hydrogen-bond acceptors (Lipinski definition) is 2. The van der Waals surface area contributed by atoms with Crippen molar-refractivity contribution in [2.24, 2.45) is 0 Å². The van der Waals surface area contributed by atoms with Crippen molar-refractivity contribution >= 4 is 25.5 Å². The van der Waals surface area contributed by atoms with Crippen LogP contribution in [0.5, 0.6) is 0 Å². The van der Waals surface area contributed by atoms with Crippen molar-refractivity contribution < 1.29 is 9.31 Å². The van der Waals surface area contributed by atoms with Crippen molar-refractivity contribution in [2.45, 2.75) is 157 Å². The molecule has 4 heteroatoms. The molecule has 0 bridgehead atoms. The molecule has 1 aliphatic rings. The number of unbranched alkanes of at least 4 members (excludes halogenated alkanes) is 3. The van der Waals surface area contributed by atoms with Gasteiger partial charge in [-0.3, -0.25) is 0 Å². The summed E-state index contributed by atoms with van der Waals surface area (Å²) in [6.07, 6.45) is 6.41. The van der Waals surface area contributed by atoms with E-state index in [1.165, 1.54) is 37.6 Å². The first-order chi connectivity index (χ1) is 13.7. The molecular formula is C27H55BO2Sn. The fourth-order valence-electron chi connectivity index (χ4n) is 7.30. The zero-order valence-electron chi connectivity index (χ0n) is 23.9. The van der Waals surface area contributed by atoms with Gasteiger partial charge in [-0.15, -0.1) is 0 Å². The molecule has 0 unspecified atom stereocenters. The molecule has 0 radical (unpaired) electrons. The standard InChI is InChI=1S/C15H28BO2.3C4H9.Sn/c1-7-8-9-10-11-12-13(2)16-17-14(3,4)15(5,6)18-16;3*1-4(2)3;/h7-11H2,1-6H3;3*1-3H3;. The van der Waals surface area contributed by atoms with Crippen LogP contribution in [0.1, 0.15) is 136 Å². The molecule has 0 amide bonds. The summed E-state index contributed by atoms with van der Waals surface area (Å²) in [6, 6.07) is 0. The van der Waals surface area contributed by atoms with Crippen molar-refractivity contribution in [3.05, 3.63) is 9.06 Å². The molecule has 182 valence electrons. The number of rotatable bonds is 7. The summed E-state index contributed by atoms with van der Waals surface area (Å²) >= 11 is -3.15. The van der Waals surface area contributed by atoms with Crippen LogP contribution < -0.4 is 0 Å². The van der Waals surface area contributed by atoms with Crippen molar-refractivity contribution in [1.29, 1.82) is 0 Å². The molecule has 0 aromatic carbocycles. The van der Waals surface area contributed by atoms with Gasteiger partial charge in [0.05, 0.1) is 0 Å². The van der Waals surface area contributed by atoms with Gasteiger partial charge in [-0.2, -0.15) is 0 Å². The fraction of sp³-hybridized carbons (Fsp3) is 0.926. The van der Waals surface area contributed by atoms with Crippen LogP contribution in [0.15, 0.2) is 9.06 Å². The first-order valence-electron chi connectivity index (χ1n) is 12.7. The molecule has 2 nitrogen and oxygen atoms in total. The van der Waals surface area contributed by atoms with E-state index in [9.17, 15) is 0 Å². The molecule has 0 N–H and O–H groups in total. The average molecular weight is 541 g/mol. The molecule has 0 spiro atoms. The number of hydrogen-bond donors (Lipinski definition) is 0. The third-order valence-corrected chi connectivity index (χ3v) is 31.9. The SMILES string of the molecule is CCCCCC/[C](=C(\C)B1OC(C)(C)C(C)(C)O1)[Sn]([C](C)(C)C)([C](C)(C)C)[C](C)(C)C. The van der Waals surface area contributed by atoms with Gasteiger partial charge < -0.3 is 0 Å². The minimum atomic E-state index is -3.15. The maximum absolute atomic E-state index is 6.62. The molecule has 1 saturated heterocycles. The second-order valence-electron chi connectivity index (χ2n) is 14.1. The van der Waals surface area contributed by atoms with E-state index in [1.54, 1.807) is 3.59 Å². The zero-order chi connectivity index (χ0) is 24.7. The zero-order valence-corrected chi connectivity index (χ0v) is 26.8. The second-order valence-corrected chi connectivity index (χ2v) is 32.9. The minimum absolute atomic E-state index is 0.227. The molecule has 0 aromatic heterocycles. The molecular weight excluding hydrogens is 486 g/mol. The van der Waals surface area contributed by atoms with Crippen LogP contribution >= 0.6 is 0 Å². The van der Waals surface area contributed by atoms with Crippen molar-refractivity contribution in [1.82, 2.24) is 0 Å². The van der Waals surface area contributed by atoms with E-state index in [1.807, 2.05) is 0 Å². The summed E-state index contributed by atoms with van der Waals surface area (Å²) in [5.74, 6) is 0. The van der Waals surface area contributed by atoms with Crippen molar-refractivity contribution in [3.63, 3.8) is 0 Å². The van der Waals surface area contributed by atoms with Crippen LogP contribution in [0.3, 0.4) is 0 Å². The second kappa shape index (κ2) is 9.64. The molecule has 1 fully saturated rings. The molecule has 1 aliphatic heterocycles. The van der Waals surface area contributed by atoms with E-state index in [2.05, 4.69) is 104 Å². The van der Waals surface area contributed by atoms with Crippen LogP contribution in [-0.2, 0) is 9.31 Å². The summed E-state index contributed by atoms with van der Waals surface area (Å²) in [5.41, 5.74) is 0.802. The van der Waals surface area contributed by atoms with Gasteiger partial charge in [0, 0.05) is 0 Å². The molecule has 0 aromatic rings. The Bertz CT molecular complexity index is 590. The Morgan fingerprint density at radius 2 is 1.10 bits per heavy atom. The van der Waals surface area contributed by atoms with E-state index in [4.69, 9.17) is 9.31 Å². The van der Waals surface area contributed by atoms with Gasteiger partial charge in [0.1, 0.15) is 0 Å². The quantitative estimate of drug-likeness (QED) is 0.236. The summed E-state index contributed by atoms with van der Waals surface area (Å²) in [4.78, 5) is 0. The van der Waals surface area contributed by atoms with Crippen molar-refractivity contribution in [2.75, 3.05) is 0 Å². The Balaban J connectivity index is 3.81. The van der Waals surface area contributed by atoms with E-state index in [-0.39, 0.29) is 28.6 Å². The monoisotopic (exact) mass is 542 g/mol. The first-order valence-corrected chi connectivity index (χ1v) is 18.4. The molecule has 0 atom stereocenters. The summed E-state index contributed by atoms with van der Waals surface area (Å²) < 4.78 is 15.9. The summed E-state index contributed by atoms with van der Waals surface area (Å²) in [5, 5.41) is 0. The summed E-state index contributed by atoms with van der Waals surface area (Å²) in [6.45, 7) is 36.1.